The molecular formula is C20H23N3O3S. The first kappa shape index (κ1) is 18.1. The lowest BCUT2D eigenvalue weighted by molar-refractivity contribution is -0.135. The average molecular weight is 385 g/mol. The van der Waals surface area contributed by atoms with Crippen LogP contribution in [-0.4, -0.2) is 47.5 Å². The third-order valence-electron chi connectivity index (χ3n) is 5.36. The first-order valence-corrected chi connectivity index (χ1v) is 10.2. The predicted octanol–water partition coefficient (Wildman–Crippen LogP) is 2.96. The minimum Gasteiger partial charge on any atom is -0.378 e. The molecule has 27 heavy (non-hydrogen) atoms. The summed E-state index contributed by atoms with van der Waals surface area (Å²) in [6, 6.07) is 5.56. The van der Waals surface area contributed by atoms with Gasteiger partial charge in [-0.05, 0) is 48.9 Å². The number of aromatic nitrogens is 1. The van der Waals surface area contributed by atoms with Crippen molar-refractivity contribution in [3.63, 3.8) is 0 Å². The van der Waals surface area contributed by atoms with Gasteiger partial charge in [0.1, 0.15) is 0 Å². The molecule has 2 aromatic heterocycles. The fourth-order valence-electron chi connectivity index (χ4n) is 4.00. The van der Waals surface area contributed by atoms with Gasteiger partial charge < -0.3 is 15.0 Å². The monoisotopic (exact) mass is 385 g/mol. The molecule has 7 heteroatoms. The average Bonchev–Trinajstić information content (AvgIpc) is 3.13. The third-order valence-corrected chi connectivity index (χ3v) is 6.40. The first-order chi connectivity index (χ1) is 13.1. The Morgan fingerprint density at radius 1 is 1.37 bits per heavy atom. The van der Waals surface area contributed by atoms with Crippen LogP contribution in [0.5, 0.6) is 0 Å². The molecule has 4 heterocycles. The molecule has 4 rings (SSSR count). The van der Waals surface area contributed by atoms with Gasteiger partial charge in [0, 0.05) is 37.7 Å². The van der Waals surface area contributed by atoms with Crippen LogP contribution >= 0.6 is 11.3 Å². The van der Waals surface area contributed by atoms with Crippen molar-refractivity contribution in [2.75, 3.05) is 25.0 Å². The lowest BCUT2D eigenvalue weighted by Gasteiger charge is -2.44. The van der Waals surface area contributed by atoms with Gasteiger partial charge >= 0.3 is 0 Å². The molecule has 0 aliphatic carbocycles. The van der Waals surface area contributed by atoms with Gasteiger partial charge in [-0.3, -0.25) is 14.6 Å². The molecule has 2 aliphatic heterocycles. The fraction of sp³-hybridized carbons (Fsp3) is 0.450. The lowest BCUT2D eigenvalue weighted by Crippen LogP contribution is -2.53. The number of amides is 2. The normalized spacial score (nSPS) is 24.9. The SMILES string of the molecule is Cc1csc(C(=O)N2CC[C@H]3OCC[C@@H](C(=O)Nc4cccnc4)[C@@H]3C2)c1. The number of likely N-dealkylation sites (tertiary alicyclic amines) is 1. The Labute approximate surface area is 162 Å². The number of carbonyl (C=O) groups excluding carboxylic acids is 2. The van der Waals surface area contributed by atoms with E-state index in [4.69, 9.17) is 4.74 Å². The molecule has 0 aromatic carbocycles. The summed E-state index contributed by atoms with van der Waals surface area (Å²) in [6.45, 7) is 3.82. The summed E-state index contributed by atoms with van der Waals surface area (Å²) in [5.41, 5.74) is 1.80. The van der Waals surface area contributed by atoms with Crippen LogP contribution in [0.1, 0.15) is 28.1 Å². The Kier molecular flexibility index (Phi) is 5.22. The number of anilines is 1. The topological polar surface area (TPSA) is 71.5 Å². The number of ether oxygens (including phenoxy) is 1. The number of nitrogens with zero attached hydrogens (tertiary/aromatic N) is 2. The minimum atomic E-state index is -0.162. The number of fused-ring (bicyclic) bond motifs is 1. The van der Waals surface area contributed by atoms with E-state index in [1.54, 1.807) is 18.5 Å². The van der Waals surface area contributed by atoms with Crippen molar-refractivity contribution in [2.24, 2.45) is 11.8 Å². The van der Waals surface area contributed by atoms with Crippen molar-refractivity contribution in [1.29, 1.82) is 0 Å². The zero-order valence-corrected chi connectivity index (χ0v) is 16.1. The van der Waals surface area contributed by atoms with Crippen LogP contribution in [-0.2, 0) is 9.53 Å². The maximum Gasteiger partial charge on any atom is 0.263 e. The number of rotatable bonds is 3. The number of nitrogens with one attached hydrogen (secondary N) is 1. The van der Waals surface area contributed by atoms with Crippen molar-refractivity contribution in [3.8, 4) is 0 Å². The third kappa shape index (κ3) is 3.89. The second-order valence-corrected chi connectivity index (χ2v) is 8.14. The molecule has 2 aliphatic rings. The molecule has 2 aromatic rings. The van der Waals surface area contributed by atoms with Gasteiger partial charge in [0.2, 0.25) is 5.91 Å². The highest BCUT2D eigenvalue weighted by molar-refractivity contribution is 7.12. The van der Waals surface area contributed by atoms with E-state index >= 15 is 0 Å². The van der Waals surface area contributed by atoms with Gasteiger partial charge in [0.05, 0.1) is 22.9 Å². The predicted molar refractivity (Wildman–Crippen MR) is 104 cm³/mol. The van der Waals surface area contributed by atoms with Crippen LogP contribution in [0.15, 0.2) is 36.0 Å². The Morgan fingerprint density at radius 3 is 3.00 bits per heavy atom. The number of thiophene rings is 1. The van der Waals surface area contributed by atoms with Crippen molar-refractivity contribution >= 4 is 28.8 Å². The second-order valence-electron chi connectivity index (χ2n) is 7.23. The van der Waals surface area contributed by atoms with Crippen molar-refractivity contribution < 1.29 is 14.3 Å². The number of carbonyl (C=O) groups is 2. The number of aryl methyl sites for hydroxylation is 1. The Morgan fingerprint density at radius 2 is 2.26 bits per heavy atom. The van der Waals surface area contributed by atoms with Gasteiger partial charge in [-0.2, -0.15) is 0 Å². The summed E-state index contributed by atoms with van der Waals surface area (Å²) in [7, 11) is 0. The van der Waals surface area contributed by atoms with Gasteiger partial charge in [-0.25, -0.2) is 0 Å². The smallest absolute Gasteiger partial charge is 0.263 e. The molecule has 0 radical (unpaired) electrons. The van der Waals surface area contributed by atoms with Crippen LogP contribution in [0.3, 0.4) is 0 Å². The zero-order valence-electron chi connectivity index (χ0n) is 15.3. The van der Waals surface area contributed by atoms with Crippen LogP contribution < -0.4 is 5.32 Å². The maximum absolute atomic E-state index is 12.9. The van der Waals surface area contributed by atoms with Gasteiger partial charge in [0.25, 0.3) is 5.91 Å². The molecule has 2 fully saturated rings. The number of hydrogen-bond donors (Lipinski definition) is 1. The molecule has 2 amide bonds. The molecule has 2 saturated heterocycles. The summed E-state index contributed by atoms with van der Waals surface area (Å²) >= 11 is 1.48. The largest absolute Gasteiger partial charge is 0.378 e. The zero-order chi connectivity index (χ0) is 18.8. The van der Waals surface area contributed by atoms with E-state index < -0.39 is 0 Å². The highest BCUT2D eigenvalue weighted by Gasteiger charge is 2.42. The van der Waals surface area contributed by atoms with E-state index in [9.17, 15) is 9.59 Å². The first-order valence-electron chi connectivity index (χ1n) is 9.29. The van der Waals surface area contributed by atoms with Crippen molar-refractivity contribution in [1.82, 2.24) is 9.88 Å². The summed E-state index contributed by atoms with van der Waals surface area (Å²) < 4.78 is 5.92. The molecule has 0 unspecified atom stereocenters. The van der Waals surface area contributed by atoms with E-state index in [1.807, 2.05) is 29.3 Å². The summed E-state index contributed by atoms with van der Waals surface area (Å²) in [6.07, 6.45) is 4.81. The van der Waals surface area contributed by atoms with E-state index in [1.165, 1.54) is 11.3 Å². The number of pyridine rings is 1. The molecule has 0 saturated carbocycles. The van der Waals surface area contributed by atoms with E-state index in [2.05, 4.69) is 10.3 Å². The van der Waals surface area contributed by atoms with Gasteiger partial charge in [0.15, 0.2) is 0 Å². The van der Waals surface area contributed by atoms with Crippen molar-refractivity contribution in [2.45, 2.75) is 25.9 Å². The highest BCUT2D eigenvalue weighted by atomic mass is 32.1. The Bertz CT molecular complexity index is 823. The number of hydrogen-bond acceptors (Lipinski definition) is 5. The minimum absolute atomic E-state index is 0.0115. The van der Waals surface area contributed by atoms with E-state index in [0.717, 1.165) is 16.9 Å². The van der Waals surface area contributed by atoms with Crippen LogP contribution in [0, 0.1) is 18.8 Å². The van der Waals surface area contributed by atoms with Crippen LogP contribution in [0.4, 0.5) is 5.69 Å². The Hall–Kier alpha value is -2.25. The molecular weight excluding hydrogens is 362 g/mol. The van der Waals surface area contributed by atoms with Crippen molar-refractivity contribution in [3.05, 3.63) is 46.4 Å². The summed E-state index contributed by atoms with van der Waals surface area (Å²) in [5.74, 6) is -0.0927. The molecule has 6 nitrogen and oxygen atoms in total. The second kappa shape index (κ2) is 7.78. The fourth-order valence-corrected chi connectivity index (χ4v) is 4.86. The molecule has 3 atom stereocenters. The van der Waals surface area contributed by atoms with E-state index in [-0.39, 0.29) is 29.8 Å². The molecule has 142 valence electrons. The summed E-state index contributed by atoms with van der Waals surface area (Å²) in [4.78, 5) is 32.4. The number of piperidine rings is 1. The van der Waals surface area contributed by atoms with Crippen LogP contribution in [0.25, 0.3) is 0 Å². The van der Waals surface area contributed by atoms with Gasteiger partial charge in [-0.1, -0.05) is 0 Å². The molecule has 1 N–H and O–H groups in total. The van der Waals surface area contributed by atoms with E-state index in [0.29, 0.717) is 31.8 Å². The van der Waals surface area contributed by atoms with Gasteiger partial charge in [-0.15, -0.1) is 11.3 Å². The quantitative estimate of drug-likeness (QED) is 0.882. The molecule has 0 bridgehead atoms. The van der Waals surface area contributed by atoms with Crippen LogP contribution in [0.2, 0.25) is 0 Å². The highest BCUT2D eigenvalue weighted by Crippen LogP contribution is 2.34. The lowest BCUT2D eigenvalue weighted by atomic mass is 9.79. The summed E-state index contributed by atoms with van der Waals surface area (Å²) in [5, 5.41) is 4.96. The maximum atomic E-state index is 12.9. The molecule has 0 spiro atoms. The standard InChI is InChI=1S/C20H23N3O3S/c1-13-9-18(27-12-13)20(25)23-7-4-17-16(11-23)15(5-8-26-17)19(24)22-14-3-2-6-21-10-14/h2-3,6,9-10,12,15-17H,4-5,7-8,11H2,1H3,(H,22,24)/t15-,16+,17-/m1/s1. The Balaban J connectivity index is 1.47.